The van der Waals surface area contributed by atoms with Crippen LogP contribution in [0.15, 0.2) is 11.7 Å². The molecule has 0 saturated carbocycles. The molecule has 78 valence electrons. The Kier molecular flexibility index (Phi) is 5.17. The fourth-order valence-corrected chi connectivity index (χ4v) is 1.54. The number of hydrogen-bond acceptors (Lipinski definition) is 4. The number of nitrogens with one attached hydrogen (secondary N) is 2. The number of aromatic nitrogens is 1. The summed E-state index contributed by atoms with van der Waals surface area (Å²) in [7, 11) is 0. The fraction of sp³-hybridized carbons (Fsp3) is 0.556. The second-order valence-electron chi connectivity index (χ2n) is 2.83. The SMILES string of the molecule is CCNCCCNC(=O)c1cncs1. The van der Waals surface area contributed by atoms with E-state index in [0.717, 1.165) is 19.5 Å². The van der Waals surface area contributed by atoms with Crippen molar-refractivity contribution >= 4 is 17.2 Å². The Balaban J connectivity index is 2.10. The molecule has 0 atom stereocenters. The molecule has 1 heterocycles. The molecule has 0 radical (unpaired) electrons. The molecule has 1 aromatic rings. The molecule has 2 N–H and O–H groups in total. The van der Waals surface area contributed by atoms with Crippen LogP contribution in [0, 0.1) is 0 Å². The standard InChI is InChI=1S/C9H15N3OS/c1-2-10-4-3-5-12-9(13)8-6-11-7-14-8/h6-7,10H,2-5H2,1H3,(H,12,13). The highest BCUT2D eigenvalue weighted by Gasteiger charge is 2.04. The maximum Gasteiger partial charge on any atom is 0.262 e. The Bertz CT molecular complexity index is 261. The maximum atomic E-state index is 11.4. The second-order valence-corrected chi connectivity index (χ2v) is 3.72. The van der Waals surface area contributed by atoms with Gasteiger partial charge in [0.15, 0.2) is 0 Å². The van der Waals surface area contributed by atoms with Gasteiger partial charge in [-0.15, -0.1) is 11.3 Å². The summed E-state index contributed by atoms with van der Waals surface area (Å²) in [5, 5.41) is 6.03. The first kappa shape index (κ1) is 11.1. The van der Waals surface area contributed by atoms with Gasteiger partial charge in [0.2, 0.25) is 0 Å². The van der Waals surface area contributed by atoms with E-state index in [0.29, 0.717) is 11.4 Å². The molecule has 14 heavy (non-hydrogen) atoms. The molecule has 1 aromatic heterocycles. The highest BCUT2D eigenvalue weighted by molar-refractivity contribution is 7.11. The predicted octanol–water partition coefficient (Wildman–Crippen LogP) is 0.872. The summed E-state index contributed by atoms with van der Waals surface area (Å²) in [6, 6.07) is 0. The van der Waals surface area contributed by atoms with Crippen molar-refractivity contribution in [2.45, 2.75) is 13.3 Å². The average molecular weight is 213 g/mol. The van der Waals surface area contributed by atoms with Crippen molar-refractivity contribution in [1.82, 2.24) is 15.6 Å². The van der Waals surface area contributed by atoms with Gasteiger partial charge < -0.3 is 10.6 Å². The predicted molar refractivity (Wildman–Crippen MR) is 57.6 cm³/mol. The van der Waals surface area contributed by atoms with Crippen LogP contribution in [0.5, 0.6) is 0 Å². The van der Waals surface area contributed by atoms with Crippen molar-refractivity contribution in [3.05, 3.63) is 16.6 Å². The Hall–Kier alpha value is -0.940. The van der Waals surface area contributed by atoms with E-state index in [4.69, 9.17) is 0 Å². The van der Waals surface area contributed by atoms with Gasteiger partial charge in [-0.05, 0) is 19.5 Å². The Morgan fingerprint density at radius 2 is 2.43 bits per heavy atom. The van der Waals surface area contributed by atoms with Crippen LogP contribution in [-0.2, 0) is 0 Å². The van der Waals surface area contributed by atoms with Crippen molar-refractivity contribution in [1.29, 1.82) is 0 Å². The smallest absolute Gasteiger partial charge is 0.262 e. The van der Waals surface area contributed by atoms with Gasteiger partial charge in [0.05, 0.1) is 11.7 Å². The summed E-state index contributed by atoms with van der Waals surface area (Å²) in [6.45, 7) is 4.70. The van der Waals surface area contributed by atoms with Gasteiger partial charge in [0.25, 0.3) is 5.91 Å². The van der Waals surface area contributed by atoms with Gasteiger partial charge in [0, 0.05) is 6.54 Å². The monoisotopic (exact) mass is 213 g/mol. The van der Waals surface area contributed by atoms with E-state index in [1.165, 1.54) is 11.3 Å². The normalized spacial score (nSPS) is 10.1. The van der Waals surface area contributed by atoms with E-state index in [2.05, 4.69) is 22.5 Å². The van der Waals surface area contributed by atoms with Crippen LogP contribution in [0.3, 0.4) is 0 Å². The molecule has 1 amide bonds. The van der Waals surface area contributed by atoms with Crippen LogP contribution in [0.25, 0.3) is 0 Å². The van der Waals surface area contributed by atoms with Crippen molar-refractivity contribution in [3.8, 4) is 0 Å². The van der Waals surface area contributed by atoms with E-state index in [1.807, 2.05) is 0 Å². The van der Waals surface area contributed by atoms with Crippen molar-refractivity contribution in [2.75, 3.05) is 19.6 Å². The largest absolute Gasteiger partial charge is 0.351 e. The summed E-state index contributed by atoms with van der Waals surface area (Å²) in [4.78, 5) is 15.9. The molecule has 0 spiro atoms. The van der Waals surface area contributed by atoms with Crippen LogP contribution < -0.4 is 10.6 Å². The lowest BCUT2D eigenvalue weighted by Gasteiger charge is -2.03. The number of thiazole rings is 1. The topological polar surface area (TPSA) is 54.0 Å². The van der Waals surface area contributed by atoms with Crippen molar-refractivity contribution in [2.24, 2.45) is 0 Å². The van der Waals surface area contributed by atoms with Gasteiger partial charge in [0.1, 0.15) is 4.88 Å². The van der Waals surface area contributed by atoms with E-state index in [9.17, 15) is 4.79 Å². The molecule has 0 aromatic carbocycles. The lowest BCUT2D eigenvalue weighted by molar-refractivity contribution is 0.0957. The molecule has 0 fully saturated rings. The third-order valence-electron chi connectivity index (χ3n) is 1.72. The van der Waals surface area contributed by atoms with E-state index in [1.54, 1.807) is 11.7 Å². The van der Waals surface area contributed by atoms with E-state index < -0.39 is 0 Å². The molecular formula is C9H15N3OS. The van der Waals surface area contributed by atoms with Crippen LogP contribution in [0.4, 0.5) is 0 Å². The number of carbonyl (C=O) groups excluding carboxylic acids is 1. The van der Waals surface area contributed by atoms with Crippen LogP contribution in [0.1, 0.15) is 23.0 Å². The minimum absolute atomic E-state index is 0.0241. The zero-order chi connectivity index (χ0) is 10.2. The molecule has 0 aliphatic heterocycles. The van der Waals surface area contributed by atoms with Gasteiger partial charge in [-0.3, -0.25) is 9.78 Å². The van der Waals surface area contributed by atoms with Crippen LogP contribution in [-0.4, -0.2) is 30.5 Å². The van der Waals surface area contributed by atoms with Crippen LogP contribution in [0.2, 0.25) is 0 Å². The number of carbonyl (C=O) groups is 1. The lowest BCUT2D eigenvalue weighted by atomic mass is 10.4. The zero-order valence-electron chi connectivity index (χ0n) is 8.25. The van der Waals surface area contributed by atoms with Crippen molar-refractivity contribution < 1.29 is 4.79 Å². The summed E-state index contributed by atoms with van der Waals surface area (Å²) in [5.41, 5.74) is 1.66. The Labute approximate surface area is 87.7 Å². The number of nitrogens with zero attached hydrogens (tertiary/aromatic N) is 1. The molecule has 0 unspecified atom stereocenters. The maximum absolute atomic E-state index is 11.4. The minimum Gasteiger partial charge on any atom is -0.351 e. The molecule has 4 nitrogen and oxygen atoms in total. The van der Waals surface area contributed by atoms with Crippen LogP contribution >= 0.6 is 11.3 Å². The molecule has 1 rings (SSSR count). The third kappa shape index (κ3) is 3.85. The highest BCUT2D eigenvalue weighted by atomic mass is 32.1. The molecule has 0 aliphatic rings. The first-order valence-electron chi connectivity index (χ1n) is 4.72. The first-order valence-corrected chi connectivity index (χ1v) is 5.60. The molecular weight excluding hydrogens is 198 g/mol. The van der Waals surface area contributed by atoms with Crippen molar-refractivity contribution in [3.63, 3.8) is 0 Å². The average Bonchev–Trinajstić information content (AvgIpc) is 2.70. The van der Waals surface area contributed by atoms with Gasteiger partial charge >= 0.3 is 0 Å². The molecule has 0 aliphatic carbocycles. The van der Waals surface area contributed by atoms with E-state index >= 15 is 0 Å². The minimum atomic E-state index is -0.0241. The quantitative estimate of drug-likeness (QED) is 0.689. The zero-order valence-corrected chi connectivity index (χ0v) is 9.06. The number of hydrogen-bond donors (Lipinski definition) is 2. The number of amides is 1. The summed E-state index contributed by atoms with van der Waals surface area (Å²) < 4.78 is 0. The Morgan fingerprint density at radius 1 is 1.57 bits per heavy atom. The summed E-state index contributed by atoms with van der Waals surface area (Å²) >= 11 is 1.36. The molecule has 0 bridgehead atoms. The van der Waals surface area contributed by atoms with Gasteiger partial charge in [-0.25, -0.2) is 0 Å². The Morgan fingerprint density at radius 3 is 3.07 bits per heavy atom. The lowest BCUT2D eigenvalue weighted by Crippen LogP contribution is -2.26. The third-order valence-corrected chi connectivity index (χ3v) is 2.49. The molecule has 0 saturated heterocycles. The van der Waals surface area contributed by atoms with E-state index in [-0.39, 0.29) is 5.91 Å². The molecule has 5 heteroatoms. The van der Waals surface area contributed by atoms with Gasteiger partial charge in [-0.1, -0.05) is 6.92 Å². The fourth-order valence-electron chi connectivity index (χ4n) is 1.01. The van der Waals surface area contributed by atoms with Gasteiger partial charge in [-0.2, -0.15) is 0 Å². The second kappa shape index (κ2) is 6.50. The highest BCUT2D eigenvalue weighted by Crippen LogP contribution is 2.04. The summed E-state index contributed by atoms with van der Waals surface area (Å²) in [6.07, 6.45) is 2.54. The summed E-state index contributed by atoms with van der Waals surface area (Å²) in [5.74, 6) is -0.0241. The first-order chi connectivity index (χ1) is 6.84. The number of rotatable bonds is 6.